The fourth-order valence-corrected chi connectivity index (χ4v) is 1.85. The van der Waals surface area contributed by atoms with E-state index in [9.17, 15) is 4.79 Å². The molecule has 0 aliphatic rings. The Morgan fingerprint density at radius 2 is 2.00 bits per heavy atom. The standard InChI is InChI=1S/C13H10N4O2/c1-8-9(13(18)19)7-17(16-8)12-6-14-10-4-2-3-5-11(10)15-12/h2-7H,1H3,(H,18,19). The molecular formula is C13H10N4O2. The maximum Gasteiger partial charge on any atom is 0.339 e. The van der Waals surface area contributed by atoms with E-state index >= 15 is 0 Å². The number of nitrogens with zero attached hydrogens (tertiary/aromatic N) is 4. The molecule has 0 bridgehead atoms. The van der Waals surface area contributed by atoms with Gasteiger partial charge in [0.1, 0.15) is 5.56 Å². The molecule has 0 saturated carbocycles. The van der Waals surface area contributed by atoms with Gasteiger partial charge in [-0.15, -0.1) is 0 Å². The summed E-state index contributed by atoms with van der Waals surface area (Å²) in [6, 6.07) is 7.47. The summed E-state index contributed by atoms with van der Waals surface area (Å²) in [7, 11) is 0. The molecule has 6 nitrogen and oxygen atoms in total. The van der Waals surface area contributed by atoms with E-state index in [0.29, 0.717) is 11.5 Å². The van der Waals surface area contributed by atoms with E-state index in [1.54, 1.807) is 13.1 Å². The molecular weight excluding hydrogens is 244 g/mol. The maximum atomic E-state index is 11.0. The van der Waals surface area contributed by atoms with Crippen molar-refractivity contribution in [1.29, 1.82) is 0 Å². The van der Waals surface area contributed by atoms with Crippen LogP contribution in [-0.4, -0.2) is 30.8 Å². The highest BCUT2D eigenvalue weighted by Gasteiger charge is 2.13. The number of carbonyl (C=O) groups is 1. The molecule has 0 aliphatic carbocycles. The van der Waals surface area contributed by atoms with Gasteiger partial charge in [-0.2, -0.15) is 5.10 Å². The van der Waals surface area contributed by atoms with Gasteiger partial charge in [0.25, 0.3) is 0 Å². The number of carboxylic acids is 1. The molecule has 0 spiro atoms. The zero-order valence-electron chi connectivity index (χ0n) is 10.1. The van der Waals surface area contributed by atoms with Gasteiger partial charge in [-0.25, -0.2) is 14.5 Å². The fraction of sp³-hybridized carbons (Fsp3) is 0.0769. The van der Waals surface area contributed by atoms with Crippen LogP contribution >= 0.6 is 0 Å². The Bertz CT molecular complexity index is 779. The molecule has 6 heteroatoms. The molecule has 1 N–H and O–H groups in total. The van der Waals surface area contributed by atoms with Crippen molar-refractivity contribution in [2.75, 3.05) is 0 Å². The number of aromatic carboxylic acids is 1. The molecule has 94 valence electrons. The molecule has 0 atom stereocenters. The predicted octanol–water partition coefficient (Wildman–Crippen LogP) is 1.82. The summed E-state index contributed by atoms with van der Waals surface area (Å²) < 4.78 is 1.43. The molecule has 3 aromatic rings. The van der Waals surface area contributed by atoms with Gasteiger partial charge in [0.2, 0.25) is 0 Å². The zero-order valence-corrected chi connectivity index (χ0v) is 10.1. The molecule has 0 radical (unpaired) electrons. The predicted molar refractivity (Wildman–Crippen MR) is 68.4 cm³/mol. The monoisotopic (exact) mass is 254 g/mol. The number of rotatable bonds is 2. The summed E-state index contributed by atoms with van der Waals surface area (Å²) in [5.74, 6) is -0.508. The summed E-state index contributed by atoms with van der Waals surface area (Å²) in [6.45, 7) is 1.65. The number of benzene rings is 1. The number of hydrogen-bond acceptors (Lipinski definition) is 4. The first-order valence-corrected chi connectivity index (χ1v) is 5.67. The molecule has 0 fully saturated rings. The van der Waals surface area contributed by atoms with Crippen molar-refractivity contribution in [3.63, 3.8) is 0 Å². The Balaban J connectivity index is 2.13. The second-order valence-corrected chi connectivity index (χ2v) is 4.09. The summed E-state index contributed by atoms with van der Waals surface area (Å²) in [5, 5.41) is 13.2. The first kappa shape index (κ1) is 11.3. The zero-order chi connectivity index (χ0) is 13.4. The maximum absolute atomic E-state index is 11.0. The van der Waals surface area contributed by atoms with E-state index in [4.69, 9.17) is 5.11 Å². The average molecular weight is 254 g/mol. The van der Waals surface area contributed by atoms with Crippen LogP contribution in [-0.2, 0) is 0 Å². The highest BCUT2D eigenvalue weighted by Crippen LogP contribution is 2.13. The van der Waals surface area contributed by atoms with E-state index in [1.807, 2.05) is 24.3 Å². The van der Waals surface area contributed by atoms with E-state index in [0.717, 1.165) is 11.0 Å². The van der Waals surface area contributed by atoms with Gasteiger partial charge in [0, 0.05) is 6.20 Å². The number of carboxylic acid groups (broad SMARTS) is 1. The van der Waals surface area contributed by atoms with E-state index < -0.39 is 5.97 Å². The van der Waals surface area contributed by atoms with Gasteiger partial charge < -0.3 is 5.11 Å². The number of aromatic nitrogens is 4. The summed E-state index contributed by atoms with van der Waals surface area (Å²) in [5.41, 5.74) is 2.14. The van der Waals surface area contributed by atoms with Crippen LogP contribution in [0.3, 0.4) is 0 Å². The molecule has 0 amide bonds. The second-order valence-electron chi connectivity index (χ2n) is 4.09. The largest absolute Gasteiger partial charge is 0.478 e. The van der Waals surface area contributed by atoms with Crippen LogP contribution in [0.4, 0.5) is 0 Å². The average Bonchev–Trinajstić information content (AvgIpc) is 2.80. The van der Waals surface area contributed by atoms with E-state index in [-0.39, 0.29) is 5.56 Å². The van der Waals surface area contributed by atoms with Crippen molar-refractivity contribution in [2.24, 2.45) is 0 Å². The summed E-state index contributed by atoms with van der Waals surface area (Å²) in [4.78, 5) is 19.7. The van der Waals surface area contributed by atoms with Gasteiger partial charge in [-0.05, 0) is 19.1 Å². The van der Waals surface area contributed by atoms with Crippen LogP contribution in [0, 0.1) is 6.92 Å². The Hall–Kier alpha value is -2.76. The third-order valence-electron chi connectivity index (χ3n) is 2.80. The second kappa shape index (κ2) is 4.16. The molecule has 0 unspecified atom stereocenters. The highest BCUT2D eigenvalue weighted by molar-refractivity contribution is 5.88. The van der Waals surface area contributed by atoms with Crippen LogP contribution in [0.25, 0.3) is 16.9 Å². The summed E-state index contributed by atoms with van der Waals surface area (Å²) in [6.07, 6.45) is 3.01. The SMILES string of the molecule is Cc1nn(-c2cnc3ccccc3n2)cc1C(=O)O. The molecule has 0 saturated heterocycles. The minimum Gasteiger partial charge on any atom is -0.478 e. The van der Waals surface area contributed by atoms with E-state index in [1.165, 1.54) is 10.9 Å². The molecule has 3 rings (SSSR count). The number of para-hydroxylation sites is 2. The minimum absolute atomic E-state index is 0.162. The van der Waals surface area contributed by atoms with Crippen LogP contribution in [0.1, 0.15) is 16.1 Å². The van der Waals surface area contributed by atoms with Crippen LogP contribution in [0.15, 0.2) is 36.7 Å². The lowest BCUT2D eigenvalue weighted by Gasteiger charge is -2.01. The van der Waals surface area contributed by atoms with Crippen LogP contribution in [0.5, 0.6) is 0 Å². The van der Waals surface area contributed by atoms with Crippen molar-refractivity contribution in [1.82, 2.24) is 19.7 Å². The fourth-order valence-electron chi connectivity index (χ4n) is 1.85. The van der Waals surface area contributed by atoms with Gasteiger partial charge in [0.05, 0.1) is 22.9 Å². The topological polar surface area (TPSA) is 80.9 Å². The first-order chi connectivity index (χ1) is 9.15. The van der Waals surface area contributed by atoms with Gasteiger partial charge in [-0.3, -0.25) is 4.98 Å². The molecule has 19 heavy (non-hydrogen) atoms. The Labute approximate surface area is 108 Å². The minimum atomic E-state index is -1.00. The normalized spacial score (nSPS) is 10.8. The Morgan fingerprint density at radius 1 is 1.26 bits per heavy atom. The van der Waals surface area contributed by atoms with Crippen molar-refractivity contribution in [2.45, 2.75) is 6.92 Å². The van der Waals surface area contributed by atoms with Crippen LogP contribution < -0.4 is 0 Å². The van der Waals surface area contributed by atoms with Gasteiger partial charge >= 0.3 is 5.97 Å². The Morgan fingerprint density at radius 3 is 2.68 bits per heavy atom. The van der Waals surface area contributed by atoms with Gasteiger partial charge in [-0.1, -0.05) is 12.1 Å². The Kier molecular flexibility index (Phi) is 2.49. The van der Waals surface area contributed by atoms with Gasteiger partial charge in [0.15, 0.2) is 5.82 Å². The van der Waals surface area contributed by atoms with E-state index in [2.05, 4.69) is 15.1 Å². The number of hydrogen-bond donors (Lipinski definition) is 1. The smallest absolute Gasteiger partial charge is 0.339 e. The van der Waals surface area contributed by atoms with Crippen molar-refractivity contribution in [3.05, 3.63) is 47.9 Å². The quantitative estimate of drug-likeness (QED) is 0.754. The van der Waals surface area contributed by atoms with Crippen molar-refractivity contribution in [3.8, 4) is 5.82 Å². The molecule has 1 aromatic carbocycles. The molecule has 2 aromatic heterocycles. The van der Waals surface area contributed by atoms with Crippen molar-refractivity contribution < 1.29 is 9.90 Å². The lowest BCUT2D eigenvalue weighted by atomic mass is 10.3. The number of aryl methyl sites for hydroxylation is 1. The summed E-state index contributed by atoms with van der Waals surface area (Å²) >= 11 is 0. The molecule has 2 heterocycles. The highest BCUT2D eigenvalue weighted by atomic mass is 16.4. The van der Waals surface area contributed by atoms with Crippen LogP contribution in [0.2, 0.25) is 0 Å². The third-order valence-corrected chi connectivity index (χ3v) is 2.80. The molecule has 0 aliphatic heterocycles. The van der Waals surface area contributed by atoms with Crippen molar-refractivity contribution >= 4 is 17.0 Å². The lowest BCUT2D eigenvalue weighted by molar-refractivity contribution is 0.0696. The first-order valence-electron chi connectivity index (χ1n) is 5.67. The third kappa shape index (κ3) is 1.93. The number of fused-ring (bicyclic) bond motifs is 1. The lowest BCUT2D eigenvalue weighted by Crippen LogP contribution is -2.00.